The number of hydrogen-bond acceptors (Lipinski definition) is 2. The predicted octanol–water partition coefficient (Wildman–Crippen LogP) is 5.02. The highest BCUT2D eigenvalue weighted by atomic mass is 19.2. The van der Waals surface area contributed by atoms with Gasteiger partial charge in [-0.25, -0.2) is 22.0 Å². The fraction of sp³-hybridized carbons (Fsp3) is 0. The first-order valence-electron chi connectivity index (χ1n) is 6.43. The van der Waals surface area contributed by atoms with Crippen molar-refractivity contribution in [3.8, 4) is 0 Å². The minimum absolute atomic E-state index is 0.107. The van der Waals surface area contributed by atoms with Crippen molar-refractivity contribution < 1.29 is 26.9 Å². The molecule has 0 heterocycles. The van der Waals surface area contributed by atoms with Gasteiger partial charge in [0, 0.05) is 12.1 Å². The van der Waals surface area contributed by atoms with Crippen molar-refractivity contribution in [3.05, 3.63) is 86.7 Å². The summed E-state index contributed by atoms with van der Waals surface area (Å²) in [6.45, 7) is 0. The van der Waals surface area contributed by atoms with Crippen LogP contribution in [0, 0.1) is 39.2 Å². The summed E-state index contributed by atoms with van der Waals surface area (Å²) in [6, 6.07) is 5.38. The van der Waals surface area contributed by atoms with Gasteiger partial charge < -0.3 is 0 Å². The number of halogens is 5. The van der Waals surface area contributed by atoms with Gasteiger partial charge in [0.05, 0.1) is 10.5 Å². The number of nitro benzene ring substituents is 1. The van der Waals surface area contributed by atoms with E-state index in [1.165, 1.54) is 36.4 Å². The fourth-order valence-corrected chi connectivity index (χ4v) is 1.79. The summed E-state index contributed by atoms with van der Waals surface area (Å²) < 4.78 is 65.7. The number of rotatable bonds is 4. The lowest BCUT2D eigenvalue weighted by molar-refractivity contribution is -0.384. The largest absolute Gasteiger partial charge is 0.269 e. The van der Waals surface area contributed by atoms with Gasteiger partial charge in [-0.05, 0) is 23.8 Å². The zero-order valence-corrected chi connectivity index (χ0v) is 11.8. The maximum Gasteiger partial charge on any atom is 0.269 e. The highest BCUT2D eigenvalue weighted by Gasteiger charge is 2.23. The van der Waals surface area contributed by atoms with Crippen molar-refractivity contribution in [2.24, 2.45) is 0 Å². The number of benzene rings is 2. The molecule has 0 radical (unpaired) electrons. The molecule has 0 unspecified atom stereocenters. The van der Waals surface area contributed by atoms with E-state index in [0.717, 1.165) is 12.2 Å². The SMILES string of the molecule is O=[N+]([O-])c1ccc(/C=C/C=C/c2c(F)c(F)c(F)c(F)c2F)cc1. The zero-order valence-electron chi connectivity index (χ0n) is 11.8. The highest BCUT2D eigenvalue weighted by Crippen LogP contribution is 2.24. The summed E-state index contributed by atoms with van der Waals surface area (Å²) in [5.74, 6) is -10.1. The molecule has 0 amide bonds. The quantitative estimate of drug-likeness (QED) is 0.196. The van der Waals surface area contributed by atoms with Crippen molar-refractivity contribution in [2.45, 2.75) is 0 Å². The van der Waals surface area contributed by atoms with Crippen LogP contribution in [-0.4, -0.2) is 4.92 Å². The maximum atomic E-state index is 13.4. The van der Waals surface area contributed by atoms with E-state index in [2.05, 4.69) is 0 Å². The summed E-state index contributed by atoms with van der Waals surface area (Å²) in [7, 11) is 0. The van der Waals surface area contributed by atoms with Gasteiger partial charge in [0.1, 0.15) is 0 Å². The molecule has 2 aromatic carbocycles. The van der Waals surface area contributed by atoms with E-state index in [-0.39, 0.29) is 5.69 Å². The molecule has 0 bridgehead atoms. The van der Waals surface area contributed by atoms with Crippen LogP contribution in [0.25, 0.3) is 12.2 Å². The van der Waals surface area contributed by atoms with Gasteiger partial charge >= 0.3 is 0 Å². The molecule has 0 atom stereocenters. The molecule has 8 heteroatoms. The molecular weight excluding hydrogens is 333 g/mol. The molecule has 0 saturated carbocycles. The van der Waals surface area contributed by atoms with Crippen LogP contribution < -0.4 is 0 Å². The third-order valence-electron chi connectivity index (χ3n) is 3.01. The van der Waals surface area contributed by atoms with Crippen molar-refractivity contribution in [2.75, 3.05) is 0 Å². The lowest BCUT2D eigenvalue weighted by atomic mass is 10.1. The van der Waals surface area contributed by atoms with Gasteiger partial charge in [0.25, 0.3) is 5.69 Å². The molecule has 0 spiro atoms. The molecule has 0 aliphatic heterocycles. The number of nitro groups is 1. The van der Waals surface area contributed by atoms with Gasteiger partial charge in [-0.15, -0.1) is 0 Å². The second kappa shape index (κ2) is 7.03. The molecule has 0 aromatic heterocycles. The summed E-state index contributed by atoms with van der Waals surface area (Å²) in [5, 5.41) is 10.5. The Morgan fingerprint density at radius 1 is 0.750 bits per heavy atom. The Bertz CT molecular complexity index is 816. The lowest BCUT2D eigenvalue weighted by Crippen LogP contribution is -2.03. The third-order valence-corrected chi connectivity index (χ3v) is 3.01. The Morgan fingerprint density at radius 3 is 1.71 bits per heavy atom. The normalized spacial score (nSPS) is 11.5. The summed E-state index contributed by atoms with van der Waals surface area (Å²) in [5.41, 5.74) is -0.619. The van der Waals surface area contributed by atoms with Gasteiger partial charge in [-0.1, -0.05) is 18.2 Å². The lowest BCUT2D eigenvalue weighted by Gasteiger charge is -2.03. The second-order valence-corrected chi connectivity index (χ2v) is 4.55. The molecule has 0 saturated heterocycles. The summed E-state index contributed by atoms with van der Waals surface area (Å²) in [6.07, 6.45) is 4.54. The number of nitrogens with zero attached hydrogens (tertiary/aromatic N) is 1. The molecule has 0 aliphatic carbocycles. The first-order valence-corrected chi connectivity index (χ1v) is 6.43. The van der Waals surface area contributed by atoms with Crippen LogP contribution in [0.1, 0.15) is 11.1 Å². The summed E-state index contributed by atoms with van der Waals surface area (Å²) >= 11 is 0. The topological polar surface area (TPSA) is 43.1 Å². The Balaban J connectivity index is 2.22. The molecule has 0 fully saturated rings. The smallest absolute Gasteiger partial charge is 0.258 e. The van der Waals surface area contributed by atoms with E-state index in [1.807, 2.05) is 0 Å². The minimum atomic E-state index is -2.22. The number of allylic oxidation sites excluding steroid dienone is 2. The van der Waals surface area contributed by atoms with Crippen LogP contribution in [-0.2, 0) is 0 Å². The first-order chi connectivity index (χ1) is 11.3. The van der Waals surface area contributed by atoms with Gasteiger partial charge in [0.2, 0.25) is 5.82 Å². The van der Waals surface area contributed by atoms with E-state index in [9.17, 15) is 32.1 Å². The Labute approximate surface area is 132 Å². The van der Waals surface area contributed by atoms with Crippen LogP contribution in [0.15, 0.2) is 36.4 Å². The predicted molar refractivity (Wildman–Crippen MR) is 77.4 cm³/mol. The number of non-ortho nitro benzene ring substituents is 1. The molecule has 124 valence electrons. The highest BCUT2D eigenvalue weighted by molar-refractivity contribution is 5.58. The Morgan fingerprint density at radius 2 is 1.21 bits per heavy atom. The van der Waals surface area contributed by atoms with E-state index in [0.29, 0.717) is 5.56 Å². The molecule has 24 heavy (non-hydrogen) atoms. The van der Waals surface area contributed by atoms with Gasteiger partial charge in [0.15, 0.2) is 23.3 Å². The van der Waals surface area contributed by atoms with E-state index >= 15 is 0 Å². The molecule has 0 N–H and O–H groups in total. The van der Waals surface area contributed by atoms with Crippen molar-refractivity contribution in [1.29, 1.82) is 0 Å². The number of hydrogen-bond donors (Lipinski definition) is 0. The zero-order chi connectivity index (χ0) is 17.9. The van der Waals surface area contributed by atoms with Gasteiger partial charge in [-0.3, -0.25) is 10.1 Å². The monoisotopic (exact) mass is 341 g/mol. The fourth-order valence-electron chi connectivity index (χ4n) is 1.79. The van der Waals surface area contributed by atoms with Crippen molar-refractivity contribution in [3.63, 3.8) is 0 Å². The molecule has 2 aromatic rings. The van der Waals surface area contributed by atoms with E-state index in [1.54, 1.807) is 0 Å². The Kier molecular flexibility index (Phi) is 5.08. The molecular formula is C16H8F5NO2. The standard InChI is InChI=1S/C16H8F5NO2/c17-12-11(13(18)15(20)16(21)14(12)19)4-2-1-3-9-5-7-10(8-6-9)22(23)24/h1-8H/b3-1+,4-2+. The van der Waals surface area contributed by atoms with Crippen molar-refractivity contribution >= 4 is 17.8 Å². The average molecular weight is 341 g/mol. The first kappa shape index (κ1) is 17.3. The Hall–Kier alpha value is -3.03. The van der Waals surface area contributed by atoms with Crippen LogP contribution in [0.2, 0.25) is 0 Å². The summed E-state index contributed by atoms with van der Waals surface area (Å²) in [4.78, 5) is 9.92. The van der Waals surface area contributed by atoms with Gasteiger partial charge in [-0.2, -0.15) is 0 Å². The average Bonchev–Trinajstić information content (AvgIpc) is 2.58. The van der Waals surface area contributed by atoms with Crippen molar-refractivity contribution in [1.82, 2.24) is 0 Å². The minimum Gasteiger partial charge on any atom is -0.258 e. The second-order valence-electron chi connectivity index (χ2n) is 4.55. The van der Waals surface area contributed by atoms with E-state index < -0.39 is 39.6 Å². The maximum absolute atomic E-state index is 13.4. The van der Waals surface area contributed by atoms with Crippen LogP contribution >= 0.6 is 0 Å². The molecule has 2 rings (SSSR count). The van der Waals surface area contributed by atoms with Crippen LogP contribution in [0.5, 0.6) is 0 Å². The van der Waals surface area contributed by atoms with Crippen LogP contribution in [0.3, 0.4) is 0 Å². The molecule has 3 nitrogen and oxygen atoms in total. The molecule has 0 aliphatic rings. The third kappa shape index (κ3) is 3.48. The van der Waals surface area contributed by atoms with Crippen LogP contribution in [0.4, 0.5) is 27.6 Å². The van der Waals surface area contributed by atoms with E-state index in [4.69, 9.17) is 0 Å².